The molecule has 41 heavy (non-hydrogen) atoms. The highest BCUT2D eigenvalue weighted by molar-refractivity contribution is 7.92. The average molecular weight is 569 g/mol. The van der Waals surface area contributed by atoms with Crippen LogP contribution in [0.15, 0.2) is 107 Å². The van der Waals surface area contributed by atoms with Crippen LogP contribution in [-0.2, 0) is 16.6 Å². The molecule has 1 saturated heterocycles. The third kappa shape index (κ3) is 5.86. The Kier molecular flexibility index (Phi) is 7.30. The number of H-pyrrole nitrogens is 1. The fraction of sp³-hybridized carbons (Fsp3) is 0.156. The Hall–Kier alpha value is -4.47. The summed E-state index contributed by atoms with van der Waals surface area (Å²) >= 11 is 0. The van der Waals surface area contributed by atoms with Gasteiger partial charge in [-0.3, -0.25) is 9.62 Å². The molecule has 6 rings (SSSR count). The average Bonchev–Trinajstić information content (AvgIpc) is 3.60. The highest BCUT2D eigenvalue weighted by Gasteiger charge is 2.21. The Morgan fingerprint density at radius 3 is 2.34 bits per heavy atom. The highest BCUT2D eigenvalue weighted by atomic mass is 32.2. The van der Waals surface area contributed by atoms with E-state index >= 15 is 0 Å². The fourth-order valence-electron chi connectivity index (χ4n) is 5.17. The molecule has 1 fully saturated rings. The Morgan fingerprint density at radius 2 is 1.63 bits per heavy atom. The van der Waals surface area contributed by atoms with Gasteiger partial charge >= 0.3 is 0 Å². The quantitative estimate of drug-likeness (QED) is 0.184. The van der Waals surface area contributed by atoms with Gasteiger partial charge in [-0.05, 0) is 86.1 Å². The van der Waals surface area contributed by atoms with Crippen LogP contribution in [0.1, 0.15) is 29.5 Å². The molecule has 9 heteroatoms. The van der Waals surface area contributed by atoms with Crippen molar-refractivity contribution >= 4 is 38.0 Å². The Morgan fingerprint density at radius 1 is 0.927 bits per heavy atom. The predicted molar refractivity (Wildman–Crippen MR) is 160 cm³/mol. The zero-order valence-corrected chi connectivity index (χ0v) is 23.0. The first kappa shape index (κ1) is 26.7. The van der Waals surface area contributed by atoms with E-state index in [0.717, 1.165) is 43.0 Å². The molecule has 0 aliphatic carbocycles. The minimum Gasteiger partial charge on any atom is -0.494 e. The number of aromatic nitrogens is 1. The summed E-state index contributed by atoms with van der Waals surface area (Å²) in [7, 11) is -3.96. The lowest BCUT2D eigenvalue weighted by atomic mass is 10.0. The van der Waals surface area contributed by atoms with E-state index < -0.39 is 15.8 Å². The molecule has 1 aliphatic rings. The Labute approximate surface area is 238 Å². The van der Waals surface area contributed by atoms with Gasteiger partial charge < -0.3 is 10.1 Å². The van der Waals surface area contributed by atoms with Crippen molar-refractivity contribution in [3.63, 3.8) is 0 Å². The van der Waals surface area contributed by atoms with E-state index in [0.29, 0.717) is 27.9 Å². The predicted octanol–water partition coefficient (Wildman–Crippen LogP) is 6.58. The number of hydrogen-bond donors (Lipinski definition) is 3. The van der Waals surface area contributed by atoms with Crippen LogP contribution in [0.3, 0.4) is 0 Å². The van der Waals surface area contributed by atoms with Crippen LogP contribution in [0.2, 0.25) is 0 Å². The van der Waals surface area contributed by atoms with Crippen LogP contribution in [-0.4, -0.2) is 42.2 Å². The molecule has 4 aromatic carbocycles. The van der Waals surface area contributed by atoms with Gasteiger partial charge in [0.25, 0.3) is 10.0 Å². The Bertz CT molecular complexity index is 1810. The third-order valence-corrected chi connectivity index (χ3v) is 8.62. The van der Waals surface area contributed by atoms with Crippen molar-refractivity contribution in [2.45, 2.75) is 24.3 Å². The lowest BCUT2D eigenvalue weighted by molar-refractivity contribution is 0.331. The summed E-state index contributed by atoms with van der Waals surface area (Å²) in [6.45, 7) is 3.16. The number of rotatable bonds is 8. The molecule has 0 atom stereocenters. The number of halogens is 1. The topological polar surface area (TPSA) is 97.8 Å². The molecular weight excluding hydrogens is 539 g/mol. The largest absolute Gasteiger partial charge is 0.494 e. The SMILES string of the molecule is O=S(=O)(Nc1ccc2[nH]c(O)c(C(=Nc3ccc(CN4CCCC4)cc3)c3ccccc3)c2c1)c1ccc(F)cc1. The summed E-state index contributed by atoms with van der Waals surface area (Å²) in [6.07, 6.45) is 2.48. The van der Waals surface area contributed by atoms with Crippen LogP contribution in [0, 0.1) is 5.82 Å². The van der Waals surface area contributed by atoms with Crippen molar-refractivity contribution < 1.29 is 17.9 Å². The number of benzene rings is 4. The molecule has 0 radical (unpaired) electrons. The summed E-state index contributed by atoms with van der Waals surface area (Å²) in [5, 5.41) is 11.7. The van der Waals surface area contributed by atoms with E-state index in [2.05, 4.69) is 26.7 Å². The summed E-state index contributed by atoms with van der Waals surface area (Å²) in [5.41, 5.74) is 4.65. The molecule has 0 saturated carbocycles. The van der Waals surface area contributed by atoms with Gasteiger partial charge in [0.1, 0.15) is 5.82 Å². The number of nitrogens with zero attached hydrogens (tertiary/aromatic N) is 2. The second-order valence-corrected chi connectivity index (χ2v) is 11.8. The standard InChI is InChI=1S/C32H29FN4O3S/c33-24-10-15-27(16-11-24)41(39,40)36-26-14-17-29-28(20-26)30(32(38)35-29)31(23-6-2-1-3-7-23)34-25-12-8-22(9-13-25)21-37-18-4-5-19-37/h1-3,6-17,20,35-36,38H,4-5,18-19,21H2. The molecule has 1 aromatic heterocycles. The molecule has 0 spiro atoms. The minimum atomic E-state index is -3.96. The van der Waals surface area contributed by atoms with Gasteiger partial charge in [-0.15, -0.1) is 0 Å². The van der Waals surface area contributed by atoms with Crippen molar-refractivity contribution in [3.8, 4) is 5.88 Å². The van der Waals surface area contributed by atoms with E-state index in [1.807, 2.05) is 42.5 Å². The van der Waals surface area contributed by atoms with Crippen molar-refractivity contribution in [3.05, 3.63) is 120 Å². The number of nitrogens with one attached hydrogen (secondary N) is 2. The fourth-order valence-corrected chi connectivity index (χ4v) is 6.22. The molecule has 5 aromatic rings. The first-order chi connectivity index (χ1) is 19.9. The van der Waals surface area contributed by atoms with E-state index in [1.165, 1.54) is 30.5 Å². The number of fused-ring (bicyclic) bond motifs is 1. The van der Waals surface area contributed by atoms with Crippen LogP contribution in [0.4, 0.5) is 15.8 Å². The zero-order valence-electron chi connectivity index (χ0n) is 22.2. The molecular formula is C32H29FN4O3S. The first-order valence-corrected chi connectivity index (χ1v) is 14.9. The maximum absolute atomic E-state index is 13.3. The van der Waals surface area contributed by atoms with Gasteiger partial charge in [-0.2, -0.15) is 0 Å². The van der Waals surface area contributed by atoms with Gasteiger partial charge in [0.15, 0.2) is 5.88 Å². The van der Waals surface area contributed by atoms with Gasteiger partial charge in [0.05, 0.1) is 21.9 Å². The van der Waals surface area contributed by atoms with Gasteiger partial charge in [0, 0.05) is 28.7 Å². The van der Waals surface area contributed by atoms with E-state index in [9.17, 15) is 17.9 Å². The molecule has 3 N–H and O–H groups in total. The second-order valence-electron chi connectivity index (χ2n) is 10.1. The maximum atomic E-state index is 13.3. The summed E-state index contributed by atoms with van der Waals surface area (Å²) in [4.78, 5) is 10.3. The van der Waals surface area contributed by atoms with Crippen molar-refractivity contribution in [2.24, 2.45) is 4.99 Å². The first-order valence-electron chi connectivity index (χ1n) is 13.4. The Balaban J connectivity index is 1.39. The highest BCUT2D eigenvalue weighted by Crippen LogP contribution is 2.34. The molecule has 7 nitrogen and oxygen atoms in total. The number of aromatic hydroxyl groups is 1. The number of anilines is 1. The number of sulfonamides is 1. The van der Waals surface area contributed by atoms with Crippen LogP contribution < -0.4 is 4.72 Å². The van der Waals surface area contributed by atoms with E-state index in [1.54, 1.807) is 18.2 Å². The minimum absolute atomic E-state index is 0.0594. The maximum Gasteiger partial charge on any atom is 0.261 e. The molecule has 0 bridgehead atoms. The third-order valence-electron chi connectivity index (χ3n) is 7.22. The van der Waals surface area contributed by atoms with Gasteiger partial charge in [-0.25, -0.2) is 17.8 Å². The van der Waals surface area contributed by atoms with Crippen molar-refractivity contribution in [2.75, 3.05) is 17.8 Å². The second kappa shape index (κ2) is 11.2. The molecule has 208 valence electrons. The summed E-state index contributed by atoms with van der Waals surface area (Å²) in [5.74, 6) is -0.599. The molecule has 1 aliphatic heterocycles. The number of aromatic amines is 1. The van der Waals surface area contributed by atoms with Crippen molar-refractivity contribution in [1.82, 2.24) is 9.88 Å². The molecule has 0 amide bonds. The molecule has 0 unspecified atom stereocenters. The van der Waals surface area contributed by atoms with Crippen LogP contribution >= 0.6 is 0 Å². The van der Waals surface area contributed by atoms with Crippen LogP contribution in [0.25, 0.3) is 10.9 Å². The van der Waals surface area contributed by atoms with Crippen molar-refractivity contribution in [1.29, 1.82) is 0 Å². The normalized spacial score (nSPS) is 14.5. The number of likely N-dealkylation sites (tertiary alicyclic amines) is 1. The lowest BCUT2D eigenvalue weighted by Crippen LogP contribution is -2.18. The zero-order chi connectivity index (χ0) is 28.4. The monoisotopic (exact) mass is 568 g/mol. The van der Waals surface area contributed by atoms with Gasteiger partial charge in [0.2, 0.25) is 0 Å². The van der Waals surface area contributed by atoms with Crippen LogP contribution in [0.5, 0.6) is 5.88 Å². The number of aliphatic imine (C=N–C) groups is 1. The lowest BCUT2D eigenvalue weighted by Gasteiger charge is -2.14. The smallest absolute Gasteiger partial charge is 0.261 e. The van der Waals surface area contributed by atoms with E-state index in [4.69, 9.17) is 4.99 Å². The summed E-state index contributed by atoms with van der Waals surface area (Å²) < 4.78 is 41.8. The summed E-state index contributed by atoms with van der Waals surface area (Å²) in [6, 6.07) is 27.2. The number of hydrogen-bond acceptors (Lipinski definition) is 5. The molecule has 2 heterocycles. The van der Waals surface area contributed by atoms with Gasteiger partial charge in [-0.1, -0.05) is 42.5 Å². The van der Waals surface area contributed by atoms with E-state index in [-0.39, 0.29) is 10.8 Å².